The molecule has 0 aromatic heterocycles. The lowest BCUT2D eigenvalue weighted by atomic mass is 9.92. The molecule has 1 aliphatic carbocycles. The molecule has 0 amide bonds. The van der Waals surface area contributed by atoms with E-state index < -0.39 is 0 Å². The Hall–Kier alpha value is -2.86. The van der Waals surface area contributed by atoms with Crippen LogP contribution in [0, 0.1) is 0 Å². The predicted molar refractivity (Wildman–Crippen MR) is 120 cm³/mol. The monoisotopic (exact) mass is 362 g/mol. The van der Waals surface area contributed by atoms with Crippen LogP contribution >= 0.6 is 0 Å². The first kappa shape index (κ1) is 17.3. The second-order valence-corrected chi connectivity index (χ2v) is 7.98. The van der Waals surface area contributed by atoms with Gasteiger partial charge >= 0.3 is 0 Å². The highest BCUT2D eigenvalue weighted by Gasteiger charge is 2.23. The number of rotatable bonds is 4. The molecule has 0 spiro atoms. The van der Waals surface area contributed by atoms with E-state index in [9.17, 15) is 0 Å². The van der Waals surface area contributed by atoms with Gasteiger partial charge in [-0.05, 0) is 81.0 Å². The van der Waals surface area contributed by atoms with Crippen LogP contribution in [0.25, 0.3) is 21.9 Å². The fourth-order valence-corrected chi connectivity index (χ4v) is 4.81. The van der Waals surface area contributed by atoms with Gasteiger partial charge in [0.15, 0.2) is 0 Å². The molecule has 0 bridgehead atoms. The molecule has 0 unspecified atom stereocenters. The Bertz CT molecular complexity index is 1160. The van der Waals surface area contributed by atoms with Crippen LogP contribution in [0.1, 0.15) is 47.2 Å². The predicted octanol–water partition coefficient (Wildman–Crippen LogP) is 7.13. The van der Waals surface area contributed by atoms with Gasteiger partial charge in [0.2, 0.25) is 0 Å². The van der Waals surface area contributed by atoms with Gasteiger partial charge in [-0.2, -0.15) is 0 Å². The summed E-state index contributed by atoms with van der Waals surface area (Å²) in [6.07, 6.45) is 4.26. The fourth-order valence-electron chi connectivity index (χ4n) is 4.81. The molecule has 0 N–H and O–H groups in total. The minimum atomic E-state index is 1.01. The van der Waals surface area contributed by atoms with Crippen molar-refractivity contribution >= 4 is 10.8 Å². The lowest BCUT2D eigenvalue weighted by molar-refractivity contribution is 1.06. The number of benzene rings is 4. The summed E-state index contributed by atoms with van der Waals surface area (Å²) >= 11 is 0. The van der Waals surface area contributed by atoms with Gasteiger partial charge in [-0.25, -0.2) is 0 Å². The maximum Gasteiger partial charge on any atom is -0.000718 e. The number of hydrogen-bond donors (Lipinski definition) is 0. The largest absolute Gasteiger partial charge is 0.0617 e. The molecule has 0 radical (unpaired) electrons. The molecule has 4 aromatic rings. The number of hydrogen-bond acceptors (Lipinski definition) is 0. The Labute approximate surface area is 167 Å². The third kappa shape index (κ3) is 2.85. The van der Waals surface area contributed by atoms with Crippen molar-refractivity contribution in [2.75, 3.05) is 0 Å². The average molecular weight is 363 g/mol. The summed E-state index contributed by atoms with van der Waals surface area (Å²) in [7, 11) is 0. The number of aryl methyl sites for hydroxylation is 2. The minimum absolute atomic E-state index is 1.01. The van der Waals surface area contributed by atoms with Crippen molar-refractivity contribution in [1.29, 1.82) is 0 Å². The lowest BCUT2D eigenvalue weighted by Gasteiger charge is -2.13. The van der Waals surface area contributed by atoms with E-state index in [1.54, 1.807) is 0 Å². The van der Waals surface area contributed by atoms with Gasteiger partial charge in [0.25, 0.3) is 0 Å². The Balaban J connectivity index is 1.62. The Morgan fingerprint density at radius 1 is 0.714 bits per heavy atom. The standard InChI is InChI=1S/C28H26/c1-3-19-14-20(4-2)16-21(15-19)17-23-9-7-10-24-18-27-25-11-6-5-8-22(25)12-13-26(27)28(23)24/h5-16H,3-4,17-18H2,1-2H3. The van der Waals surface area contributed by atoms with Gasteiger partial charge in [-0.3, -0.25) is 0 Å². The van der Waals surface area contributed by atoms with Gasteiger partial charge < -0.3 is 0 Å². The van der Waals surface area contributed by atoms with Gasteiger partial charge in [0.05, 0.1) is 0 Å². The summed E-state index contributed by atoms with van der Waals surface area (Å²) in [6.45, 7) is 4.50. The zero-order valence-corrected chi connectivity index (χ0v) is 16.8. The van der Waals surface area contributed by atoms with E-state index in [0.29, 0.717) is 0 Å². The molecule has 5 rings (SSSR count). The average Bonchev–Trinajstić information content (AvgIpc) is 3.13. The van der Waals surface area contributed by atoms with E-state index in [2.05, 4.69) is 86.6 Å². The molecule has 0 heterocycles. The Morgan fingerprint density at radius 2 is 1.46 bits per heavy atom. The van der Waals surface area contributed by atoms with Crippen LogP contribution in [-0.2, 0) is 25.7 Å². The van der Waals surface area contributed by atoms with E-state index in [4.69, 9.17) is 0 Å². The maximum absolute atomic E-state index is 2.40. The molecule has 0 fully saturated rings. The summed E-state index contributed by atoms with van der Waals surface area (Å²) in [5.74, 6) is 0. The van der Waals surface area contributed by atoms with Crippen LogP contribution in [0.15, 0.2) is 72.8 Å². The van der Waals surface area contributed by atoms with Crippen molar-refractivity contribution < 1.29 is 0 Å². The van der Waals surface area contributed by atoms with E-state index in [0.717, 1.165) is 25.7 Å². The topological polar surface area (TPSA) is 0 Å². The number of fused-ring (bicyclic) bond motifs is 5. The molecule has 138 valence electrons. The van der Waals surface area contributed by atoms with Crippen LogP contribution in [0.4, 0.5) is 0 Å². The summed E-state index contributed by atoms with van der Waals surface area (Å²) in [4.78, 5) is 0. The summed E-state index contributed by atoms with van der Waals surface area (Å²) in [6, 6.07) is 27.5. The fraction of sp³-hybridized carbons (Fsp3) is 0.214. The molecule has 0 aliphatic heterocycles. The first-order chi connectivity index (χ1) is 13.8. The second kappa shape index (κ2) is 6.95. The molecular weight excluding hydrogens is 336 g/mol. The van der Waals surface area contributed by atoms with Crippen LogP contribution in [0.2, 0.25) is 0 Å². The molecular formula is C28H26. The van der Waals surface area contributed by atoms with Crippen molar-refractivity contribution in [3.8, 4) is 11.1 Å². The van der Waals surface area contributed by atoms with Crippen molar-refractivity contribution in [2.45, 2.75) is 39.5 Å². The van der Waals surface area contributed by atoms with Gasteiger partial charge in [0.1, 0.15) is 0 Å². The van der Waals surface area contributed by atoms with Crippen LogP contribution < -0.4 is 0 Å². The van der Waals surface area contributed by atoms with Gasteiger partial charge in [-0.15, -0.1) is 0 Å². The summed E-state index contributed by atoms with van der Waals surface area (Å²) < 4.78 is 0. The quantitative estimate of drug-likeness (QED) is 0.319. The van der Waals surface area contributed by atoms with Crippen molar-refractivity contribution in [3.63, 3.8) is 0 Å². The van der Waals surface area contributed by atoms with E-state index in [-0.39, 0.29) is 0 Å². The third-order valence-corrected chi connectivity index (χ3v) is 6.24. The molecule has 4 aromatic carbocycles. The second-order valence-electron chi connectivity index (χ2n) is 7.98. The SMILES string of the molecule is CCc1cc(CC)cc(Cc2cccc3c2-c2ccc4ccccc4c2C3)c1. The van der Waals surface area contributed by atoms with Gasteiger partial charge in [0, 0.05) is 0 Å². The van der Waals surface area contributed by atoms with Crippen LogP contribution in [-0.4, -0.2) is 0 Å². The zero-order valence-electron chi connectivity index (χ0n) is 16.8. The highest BCUT2D eigenvalue weighted by atomic mass is 14.3. The van der Waals surface area contributed by atoms with Crippen LogP contribution in [0.3, 0.4) is 0 Å². The molecule has 0 saturated carbocycles. The minimum Gasteiger partial charge on any atom is -0.0617 e. The summed E-state index contributed by atoms with van der Waals surface area (Å²) in [5, 5.41) is 2.75. The Morgan fingerprint density at radius 3 is 2.25 bits per heavy atom. The third-order valence-electron chi connectivity index (χ3n) is 6.24. The first-order valence-electron chi connectivity index (χ1n) is 10.5. The molecule has 1 aliphatic rings. The molecule has 0 atom stereocenters. The van der Waals surface area contributed by atoms with Crippen molar-refractivity contribution in [3.05, 3.63) is 106 Å². The smallest absolute Gasteiger partial charge is 0.000718 e. The highest BCUT2D eigenvalue weighted by Crippen LogP contribution is 2.42. The van der Waals surface area contributed by atoms with Crippen molar-refractivity contribution in [2.24, 2.45) is 0 Å². The Kier molecular flexibility index (Phi) is 4.28. The van der Waals surface area contributed by atoms with E-state index in [1.165, 1.54) is 55.3 Å². The van der Waals surface area contributed by atoms with Crippen molar-refractivity contribution in [1.82, 2.24) is 0 Å². The molecule has 28 heavy (non-hydrogen) atoms. The van der Waals surface area contributed by atoms with E-state index in [1.807, 2.05) is 0 Å². The van der Waals surface area contributed by atoms with Gasteiger partial charge in [-0.1, -0.05) is 86.6 Å². The van der Waals surface area contributed by atoms with Crippen LogP contribution in [0.5, 0.6) is 0 Å². The molecule has 0 saturated heterocycles. The normalized spacial score (nSPS) is 12.2. The highest BCUT2D eigenvalue weighted by molar-refractivity contribution is 5.95. The molecule has 0 nitrogen and oxygen atoms in total. The zero-order chi connectivity index (χ0) is 19.1. The lowest BCUT2D eigenvalue weighted by Crippen LogP contribution is -1.96. The first-order valence-corrected chi connectivity index (χ1v) is 10.5. The molecule has 0 heteroatoms. The summed E-state index contributed by atoms with van der Waals surface area (Å²) in [5.41, 5.74) is 11.7. The maximum atomic E-state index is 2.40. The van der Waals surface area contributed by atoms with E-state index >= 15 is 0 Å².